The molecule has 3 aromatic rings. The van der Waals surface area contributed by atoms with Gasteiger partial charge < -0.3 is 14.6 Å². The summed E-state index contributed by atoms with van der Waals surface area (Å²) in [5.41, 5.74) is 2.65. The fourth-order valence-corrected chi connectivity index (χ4v) is 4.11. The number of hydrazone groups is 1. The van der Waals surface area contributed by atoms with Crippen LogP contribution in [0.15, 0.2) is 64.6 Å². The van der Waals surface area contributed by atoms with Gasteiger partial charge in [0.25, 0.3) is 15.7 Å². The summed E-state index contributed by atoms with van der Waals surface area (Å²) in [4.78, 5) is 10.5. The number of aromatic hydroxyl groups is 1. The number of phenols is 1. The molecule has 13 heteroatoms. The molecule has 0 aliphatic rings. The van der Waals surface area contributed by atoms with Crippen molar-refractivity contribution in [3.05, 3.63) is 75.3 Å². The smallest absolute Gasteiger partial charge is 0.295 e. The van der Waals surface area contributed by atoms with Crippen molar-refractivity contribution >= 4 is 44.9 Å². The van der Waals surface area contributed by atoms with E-state index in [0.29, 0.717) is 10.6 Å². The fourth-order valence-electron chi connectivity index (χ4n) is 2.85. The number of sulfonamides is 1. The quantitative estimate of drug-likeness (QED) is 0.221. The summed E-state index contributed by atoms with van der Waals surface area (Å²) >= 11 is 5.87. The first-order valence-corrected chi connectivity index (χ1v) is 11.3. The van der Waals surface area contributed by atoms with E-state index < -0.39 is 20.6 Å². The van der Waals surface area contributed by atoms with Crippen LogP contribution in [0.4, 0.5) is 17.1 Å². The van der Waals surface area contributed by atoms with E-state index in [1.54, 1.807) is 12.1 Å². The Labute approximate surface area is 199 Å². The molecular formula is C21H19ClN4O7S. The van der Waals surface area contributed by atoms with E-state index in [1.165, 1.54) is 56.8 Å². The van der Waals surface area contributed by atoms with Gasteiger partial charge in [0, 0.05) is 16.7 Å². The van der Waals surface area contributed by atoms with Crippen molar-refractivity contribution in [3.8, 4) is 17.2 Å². The van der Waals surface area contributed by atoms with Crippen LogP contribution in [0.25, 0.3) is 0 Å². The highest BCUT2D eigenvalue weighted by Crippen LogP contribution is 2.36. The normalized spacial score (nSPS) is 11.3. The van der Waals surface area contributed by atoms with Gasteiger partial charge in [-0.15, -0.1) is 0 Å². The third kappa shape index (κ3) is 5.66. The second-order valence-electron chi connectivity index (χ2n) is 6.70. The highest BCUT2D eigenvalue weighted by Gasteiger charge is 2.22. The van der Waals surface area contributed by atoms with Crippen LogP contribution in [0, 0.1) is 10.1 Å². The number of nitrogens with one attached hydrogen (secondary N) is 2. The molecule has 34 heavy (non-hydrogen) atoms. The van der Waals surface area contributed by atoms with Crippen LogP contribution in [-0.4, -0.2) is 38.9 Å². The lowest BCUT2D eigenvalue weighted by Crippen LogP contribution is -2.13. The van der Waals surface area contributed by atoms with Gasteiger partial charge in [-0.25, -0.2) is 8.42 Å². The summed E-state index contributed by atoms with van der Waals surface area (Å²) < 4.78 is 37.8. The average Bonchev–Trinajstić information content (AvgIpc) is 2.79. The average molecular weight is 507 g/mol. The van der Waals surface area contributed by atoms with E-state index in [0.717, 1.165) is 6.07 Å². The lowest BCUT2D eigenvalue weighted by atomic mass is 10.2. The van der Waals surface area contributed by atoms with Gasteiger partial charge in [-0.1, -0.05) is 17.7 Å². The van der Waals surface area contributed by atoms with Crippen molar-refractivity contribution in [1.29, 1.82) is 0 Å². The predicted molar refractivity (Wildman–Crippen MR) is 128 cm³/mol. The highest BCUT2D eigenvalue weighted by molar-refractivity contribution is 7.92. The van der Waals surface area contributed by atoms with E-state index in [4.69, 9.17) is 21.1 Å². The zero-order valence-corrected chi connectivity index (χ0v) is 19.4. The molecule has 0 unspecified atom stereocenters. The molecule has 3 aromatic carbocycles. The van der Waals surface area contributed by atoms with Gasteiger partial charge in [0.15, 0.2) is 11.5 Å². The lowest BCUT2D eigenvalue weighted by Gasteiger charge is -2.10. The number of methoxy groups -OCH3 is 2. The van der Waals surface area contributed by atoms with Crippen molar-refractivity contribution in [1.82, 2.24) is 0 Å². The van der Waals surface area contributed by atoms with E-state index in [1.807, 2.05) is 0 Å². The first-order chi connectivity index (χ1) is 16.1. The van der Waals surface area contributed by atoms with E-state index in [-0.39, 0.29) is 33.5 Å². The van der Waals surface area contributed by atoms with Crippen molar-refractivity contribution in [3.63, 3.8) is 0 Å². The Hall–Kier alpha value is -4.03. The second kappa shape index (κ2) is 10.3. The van der Waals surface area contributed by atoms with Gasteiger partial charge in [-0.05, 0) is 42.5 Å². The lowest BCUT2D eigenvalue weighted by molar-refractivity contribution is -0.384. The Bertz CT molecular complexity index is 1340. The molecule has 0 heterocycles. The Morgan fingerprint density at radius 1 is 1.09 bits per heavy atom. The molecule has 0 saturated carbocycles. The minimum atomic E-state index is -4.12. The first-order valence-electron chi connectivity index (χ1n) is 9.45. The summed E-state index contributed by atoms with van der Waals surface area (Å²) in [5, 5.41) is 25.8. The number of nitrogens with zero attached hydrogens (tertiary/aromatic N) is 2. The van der Waals surface area contributed by atoms with Crippen molar-refractivity contribution in [2.75, 3.05) is 24.4 Å². The van der Waals surface area contributed by atoms with Crippen LogP contribution < -0.4 is 19.6 Å². The molecular weight excluding hydrogens is 488 g/mol. The van der Waals surface area contributed by atoms with E-state index in [9.17, 15) is 23.6 Å². The van der Waals surface area contributed by atoms with Crippen molar-refractivity contribution < 1.29 is 27.9 Å². The number of phenolic OH excluding ortho intramolecular Hbond substituents is 1. The molecule has 0 aliphatic heterocycles. The molecule has 0 aromatic heterocycles. The number of nitro groups is 1. The van der Waals surface area contributed by atoms with Crippen LogP contribution in [0.1, 0.15) is 5.56 Å². The Morgan fingerprint density at radius 2 is 1.76 bits per heavy atom. The molecule has 11 nitrogen and oxygen atoms in total. The molecule has 0 aliphatic carbocycles. The summed E-state index contributed by atoms with van der Waals surface area (Å²) in [6.45, 7) is 0. The molecule has 0 spiro atoms. The van der Waals surface area contributed by atoms with Crippen molar-refractivity contribution in [2.45, 2.75) is 4.90 Å². The number of hydrogen-bond acceptors (Lipinski definition) is 9. The van der Waals surface area contributed by atoms with E-state index in [2.05, 4.69) is 15.2 Å². The fraction of sp³-hybridized carbons (Fsp3) is 0.0952. The molecule has 3 N–H and O–H groups in total. The second-order valence-corrected chi connectivity index (χ2v) is 8.81. The third-order valence-corrected chi connectivity index (χ3v) is 6.07. The molecule has 0 amide bonds. The van der Waals surface area contributed by atoms with Gasteiger partial charge in [0.05, 0.1) is 35.9 Å². The van der Waals surface area contributed by atoms with Crippen molar-refractivity contribution in [2.24, 2.45) is 5.10 Å². The molecule has 0 atom stereocenters. The SMILES string of the molecule is COc1cc(C=NNc2ccc(S(=O)(=O)Nc3cccc(Cl)c3)cc2[N+](=O)[O-])cc(OC)c1O. The van der Waals surface area contributed by atoms with Gasteiger partial charge in [-0.2, -0.15) is 5.10 Å². The summed E-state index contributed by atoms with van der Waals surface area (Å²) in [6.07, 6.45) is 1.32. The highest BCUT2D eigenvalue weighted by atomic mass is 35.5. The standard InChI is InChI=1S/C21H19ClN4O7S/c1-32-19-8-13(9-20(33-2)21(19)27)12-23-24-17-7-6-16(11-18(17)26(28)29)34(30,31)25-15-5-3-4-14(22)10-15/h3-12,24-25,27H,1-2H3. The Morgan fingerprint density at radius 3 is 2.35 bits per heavy atom. The molecule has 0 radical (unpaired) electrons. The summed E-state index contributed by atoms with van der Waals surface area (Å²) in [5.74, 6) is 0.107. The number of halogens is 1. The Balaban J connectivity index is 1.86. The Kier molecular flexibility index (Phi) is 7.44. The number of nitro benzene ring substituents is 1. The van der Waals surface area contributed by atoms with Crippen LogP contribution in [0.3, 0.4) is 0 Å². The number of ether oxygens (including phenoxy) is 2. The van der Waals surface area contributed by atoms with Gasteiger partial charge in [0.1, 0.15) is 5.69 Å². The predicted octanol–water partition coefficient (Wildman–Crippen LogP) is 4.22. The molecule has 0 fully saturated rings. The minimum Gasteiger partial charge on any atom is -0.502 e. The van der Waals surface area contributed by atoms with Crippen LogP contribution in [0.2, 0.25) is 5.02 Å². The number of anilines is 2. The number of hydrogen-bond donors (Lipinski definition) is 3. The van der Waals surface area contributed by atoms with Gasteiger partial charge in [-0.3, -0.25) is 20.3 Å². The topological polar surface area (TPSA) is 152 Å². The largest absolute Gasteiger partial charge is 0.502 e. The van der Waals surface area contributed by atoms with Crippen LogP contribution in [0.5, 0.6) is 17.2 Å². The number of rotatable bonds is 9. The van der Waals surface area contributed by atoms with Gasteiger partial charge in [0.2, 0.25) is 5.75 Å². The maximum atomic E-state index is 12.7. The third-order valence-electron chi connectivity index (χ3n) is 4.45. The maximum absolute atomic E-state index is 12.7. The minimum absolute atomic E-state index is 0.0411. The summed E-state index contributed by atoms with van der Waals surface area (Å²) in [7, 11) is -1.38. The zero-order valence-electron chi connectivity index (χ0n) is 17.9. The van der Waals surface area contributed by atoms with Gasteiger partial charge >= 0.3 is 0 Å². The maximum Gasteiger partial charge on any atom is 0.295 e. The molecule has 0 saturated heterocycles. The monoisotopic (exact) mass is 506 g/mol. The first kappa shape index (κ1) is 24.6. The van der Waals surface area contributed by atoms with Crippen LogP contribution in [-0.2, 0) is 10.0 Å². The zero-order chi connectivity index (χ0) is 24.9. The summed E-state index contributed by atoms with van der Waals surface area (Å²) in [6, 6.07) is 12.3. The molecule has 0 bridgehead atoms. The molecule has 3 rings (SSSR count). The van der Waals surface area contributed by atoms with E-state index >= 15 is 0 Å². The number of benzene rings is 3. The van der Waals surface area contributed by atoms with Crippen LogP contribution >= 0.6 is 11.6 Å². The molecule has 178 valence electrons.